The number of aromatic hydroxyl groups is 2. The Bertz CT molecular complexity index is 498. The van der Waals surface area contributed by atoms with Crippen LogP contribution < -0.4 is 5.32 Å². The first-order valence-electron chi connectivity index (χ1n) is 6.22. The molecule has 0 radical (unpaired) electrons. The molecule has 1 amide bonds. The van der Waals surface area contributed by atoms with Gasteiger partial charge in [-0.3, -0.25) is 4.79 Å². The second-order valence-electron chi connectivity index (χ2n) is 5.51. The van der Waals surface area contributed by atoms with Gasteiger partial charge >= 0.3 is 0 Å². The van der Waals surface area contributed by atoms with Crippen molar-refractivity contribution in [2.75, 3.05) is 7.11 Å². The van der Waals surface area contributed by atoms with Crippen LogP contribution in [0.2, 0.25) is 0 Å². The molecule has 1 aliphatic rings. The van der Waals surface area contributed by atoms with Crippen LogP contribution in [-0.2, 0) is 4.74 Å². The van der Waals surface area contributed by atoms with Crippen molar-refractivity contribution in [2.45, 2.75) is 32.4 Å². The molecule has 104 valence electrons. The molecule has 0 saturated heterocycles. The van der Waals surface area contributed by atoms with Crippen LogP contribution in [0.25, 0.3) is 0 Å². The number of ether oxygens (including phenoxy) is 1. The molecule has 2 atom stereocenters. The molecule has 5 nitrogen and oxygen atoms in total. The lowest BCUT2D eigenvalue weighted by molar-refractivity contribution is -0.0942. The number of nitrogens with one attached hydrogen (secondary N) is 1. The van der Waals surface area contributed by atoms with Crippen molar-refractivity contribution in [3.05, 3.63) is 23.8 Å². The van der Waals surface area contributed by atoms with Gasteiger partial charge in [0.25, 0.3) is 5.91 Å². The maximum atomic E-state index is 12.1. The molecule has 0 heterocycles. The van der Waals surface area contributed by atoms with Gasteiger partial charge < -0.3 is 20.3 Å². The molecule has 1 aromatic rings. The summed E-state index contributed by atoms with van der Waals surface area (Å²) in [4.78, 5) is 12.1. The molecule has 2 rings (SSSR count). The van der Waals surface area contributed by atoms with Crippen molar-refractivity contribution in [3.63, 3.8) is 0 Å². The van der Waals surface area contributed by atoms with Crippen LogP contribution in [0.1, 0.15) is 30.6 Å². The summed E-state index contributed by atoms with van der Waals surface area (Å²) in [7, 11) is 1.66. The van der Waals surface area contributed by atoms with Crippen molar-refractivity contribution < 1.29 is 19.7 Å². The van der Waals surface area contributed by atoms with E-state index in [4.69, 9.17) is 4.74 Å². The lowest BCUT2D eigenvalue weighted by Crippen LogP contribution is -2.61. The number of hydrogen-bond acceptors (Lipinski definition) is 4. The Morgan fingerprint density at radius 3 is 2.63 bits per heavy atom. The number of benzene rings is 1. The standard InChI is InChI=1S/C14H19NO4/c1-14(2)11(7-12(14)19-3)15-13(18)9-5-4-8(16)6-10(9)17/h4-6,11-12,16-17H,7H2,1-3H3,(H,15,18). The van der Waals surface area contributed by atoms with Crippen LogP contribution in [0.15, 0.2) is 18.2 Å². The molecule has 0 aliphatic heterocycles. The van der Waals surface area contributed by atoms with E-state index in [9.17, 15) is 15.0 Å². The average molecular weight is 265 g/mol. The number of methoxy groups -OCH3 is 1. The minimum absolute atomic E-state index is 0.0122. The Hall–Kier alpha value is -1.75. The van der Waals surface area contributed by atoms with E-state index in [0.717, 1.165) is 12.5 Å². The number of hydrogen-bond donors (Lipinski definition) is 3. The van der Waals surface area contributed by atoms with Gasteiger partial charge in [-0.15, -0.1) is 0 Å². The molecule has 1 aromatic carbocycles. The molecule has 1 fully saturated rings. The van der Waals surface area contributed by atoms with Crippen molar-refractivity contribution in [1.29, 1.82) is 0 Å². The van der Waals surface area contributed by atoms with Crippen LogP contribution in [0.3, 0.4) is 0 Å². The number of carbonyl (C=O) groups excluding carboxylic acids is 1. The topological polar surface area (TPSA) is 78.8 Å². The van der Waals surface area contributed by atoms with Gasteiger partial charge in [-0.1, -0.05) is 13.8 Å². The Labute approximate surface area is 112 Å². The normalized spacial score (nSPS) is 24.6. The number of phenols is 2. The summed E-state index contributed by atoms with van der Waals surface area (Å²) >= 11 is 0. The van der Waals surface area contributed by atoms with Crippen LogP contribution in [0.4, 0.5) is 0 Å². The van der Waals surface area contributed by atoms with Crippen molar-refractivity contribution in [3.8, 4) is 11.5 Å². The molecular weight excluding hydrogens is 246 g/mol. The van der Waals surface area contributed by atoms with Crippen molar-refractivity contribution in [2.24, 2.45) is 5.41 Å². The molecule has 0 spiro atoms. The second kappa shape index (κ2) is 4.74. The summed E-state index contributed by atoms with van der Waals surface area (Å²) in [5, 5.41) is 21.7. The maximum Gasteiger partial charge on any atom is 0.255 e. The maximum absolute atomic E-state index is 12.1. The zero-order valence-electron chi connectivity index (χ0n) is 11.3. The predicted molar refractivity (Wildman–Crippen MR) is 70.2 cm³/mol. The van der Waals surface area contributed by atoms with E-state index < -0.39 is 0 Å². The van der Waals surface area contributed by atoms with E-state index in [0.29, 0.717) is 0 Å². The first kappa shape index (κ1) is 13.7. The summed E-state index contributed by atoms with van der Waals surface area (Å²) < 4.78 is 5.32. The molecule has 5 heteroatoms. The molecule has 0 bridgehead atoms. The minimum Gasteiger partial charge on any atom is -0.508 e. The first-order valence-corrected chi connectivity index (χ1v) is 6.22. The summed E-state index contributed by atoms with van der Waals surface area (Å²) in [5.74, 6) is -0.638. The quantitative estimate of drug-likeness (QED) is 0.776. The molecule has 1 saturated carbocycles. The first-order chi connectivity index (χ1) is 8.86. The van der Waals surface area contributed by atoms with E-state index >= 15 is 0 Å². The molecule has 2 unspecified atom stereocenters. The molecule has 19 heavy (non-hydrogen) atoms. The Morgan fingerprint density at radius 1 is 1.42 bits per heavy atom. The fourth-order valence-corrected chi connectivity index (χ4v) is 2.48. The smallest absolute Gasteiger partial charge is 0.255 e. The van der Waals surface area contributed by atoms with E-state index in [1.54, 1.807) is 7.11 Å². The third-order valence-electron chi connectivity index (χ3n) is 3.99. The van der Waals surface area contributed by atoms with Gasteiger partial charge in [-0.2, -0.15) is 0 Å². The number of phenolic OH excluding ortho intramolecular Hbond substituents is 2. The third-order valence-corrected chi connectivity index (χ3v) is 3.99. The van der Waals surface area contributed by atoms with Crippen LogP contribution in [0, 0.1) is 5.41 Å². The Morgan fingerprint density at radius 2 is 2.11 bits per heavy atom. The number of amides is 1. The van der Waals surface area contributed by atoms with Gasteiger partial charge in [0.2, 0.25) is 0 Å². The van der Waals surface area contributed by atoms with Gasteiger partial charge in [-0.05, 0) is 18.6 Å². The van der Waals surface area contributed by atoms with E-state index in [1.165, 1.54) is 12.1 Å². The van der Waals surface area contributed by atoms with Crippen LogP contribution in [0.5, 0.6) is 11.5 Å². The summed E-state index contributed by atoms with van der Waals surface area (Å²) in [6, 6.07) is 3.94. The zero-order valence-corrected chi connectivity index (χ0v) is 11.3. The van der Waals surface area contributed by atoms with Gasteiger partial charge in [0.15, 0.2) is 0 Å². The highest BCUT2D eigenvalue weighted by Crippen LogP contribution is 2.42. The van der Waals surface area contributed by atoms with Crippen molar-refractivity contribution >= 4 is 5.91 Å². The number of carbonyl (C=O) groups is 1. The number of rotatable bonds is 3. The van der Waals surface area contributed by atoms with E-state index in [2.05, 4.69) is 5.32 Å². The highest BCUT2D eigenvalue weighted by molar-refractivity contribution is 5.97. The fraction of sp³-hybridized carbons (Fsp3) is 0.500. The minimum atomic E-state index is -0.342. The van der Waals surface area contributed by atoms with Crippen LogP contribution in [-0.4, -0.2) is 35.4 Å². The fourth-order valence-electron chi connectivity index (χ4n) is 2.48. The molecule has 0 aromatic heterocycles. The SMILES string of the molecule is COC1CC(NC(=O)c2ccc(O)cc2O)C1(C)C. The largest absolute Gasteiger partial charge is 0.508 e. The van der Waals surface area contributed by atoms with Gasteiger partial charge in [-0.25, -0.2) is 0 Å². The third kappa shape index (κ3) is 2.38. The molecule has 3 N–H and O–H groups in total. The zero-order chi connectivity index (χ0) is 14.2. The monoisotopic (exact) mass is 265 g/mol. The second-order valence-corrected chi connectivity index (χ2v) is 5.51. The van der Waals surface area contributed by atoms with E-state index in [-0.39, 0.29) is 40.5 Å². The lowest BCUT2D eigenvalue weighted by Gasteiger charge is -2.51. The molecular formula is C14H19NO4. The molecule has 1 aliphatic carbocycles. The predicted octanol–water partition coefficient (Wildman–Crippen LogP) is 1.64. The van der Waals surface area contributed by atoms with Crippen molar-refractivity contribution in [1.82, 2.24) is 5.32 Å². The highest BCUT2D eigenvalue weighted by Gasteiger charge is 2.49. The van der Waals surface area contributed by atoms with E-state index in [1.807, 2.05) is 13.8 Å². The Balaban J connectivity index is 2.07. The lowest BCUT2D eigenvalue weighted by atomic mass is 9.64. The summed E-state index contributed by atoms with van der Waals surface area (Å²) in [5.41, 5.74) is 0.0335. The highest BCUT2D eigenvalue weighted by atomic mass is 16.5. The van der Waals surface area contributed by atoms with Gasteiger partial charge in [0.1, 0.15) is 11.5 Å². The summed E-state index contributed by atoms with van der Waals surface area (Å²) in [6.07, 6.45) is 0.889. The Kier molecular flexibility index (Phi) is 3.41. The summed E-state index contributed by atoms with van der Waals surface area (Å²) in [6.45, 7) is 4.07. The average Bonchev–Trinajstić information content (AvgIpc) is 2.33. The van der Waals surface area contributed by atoms with Gasteiger partial charge in [0.05, 0.1) is 11.7 Å². The van der Waals surface area contributed by atoms with Gasteiger partial charge in [0, 0.05) is 24.6 Å². The van der Waals surface area contributed by atoms with Crippen LogP contribution >= 0.6 is 0 Å².